The molecule has 180 valence electrons. The maximum Gasteiger partial charge on any atom is 0.435 e. The number of nitrogens with one attached hydrogen (secondary N) is 2. The molecule has 4 N–H and O–H groups in total. The molecule has 3 aromatic rings. The van der Waals surface area contributed by atoms with Crippen LogP contribution in [-0.2, 0) is 24.1 Å². The lowest BCUT2D eigenvalue weighted by Gasteiger charge is -2.11. The van der Waals surface area contributed by atoms with Crippen LogP contribution < -0.4 is 21.1 Å². The molecule has 0 radical (unpaired) electrons. The number of rotatable bonds is 8. The Kier molecular flexibility index (Phi) is 7.51. The van der Waals surface area contributed by atoms with Crippen molar-refractivity contribution >= 4 is 11.8 Å². The van der Waals surface area contributed by atoms with E-state index in [1.165, 1.54) is 26.2 Å². The van der Waals surface area contributed by atoms with Crippen molar-refractivity contribution in [1.82, 2.24) is 25.4 Å². The van der Waals surface area contributed by atoms with E-state index in [4.69, 9.17) is 10.5 Å². The van der Waals surface area contributed by atoms with Gasteiger partial charge in [-0.3, -0.25) is 9.59 Å². The normalized spacial score (nSPS) is 12.2. The predicted octanol–water partition coefficient (Wildman–Crippen LogP) is 2.19. The third-order valence-corrected chi connectivity index (χ3v) is 4.73. The van der Waals surface area contributed by atoms with E-state index >= 15 is 0 Å². The summed E-state index contributed by atoms with van der Waals surface area (Å²) >= 11 is 0. The van der Waals surface area contributed by atoms with E-state index < -0.39 is 29.7 Å². The summed E-state index contributed by atoms with van der Waals surface area (Å²) in [4.78, 5) is 28.8. The maximum absolute atomic E-state index is 13.4. The van der Waals surface area contributed by atoms with Crippen molar-refractivity contribution < 1.29 is 27.5 Å². The van der Waals surface area contributed by atoms with Gasteiger partial charge < -0.3 is 21.1 Å². The minimum Gasteiger partial charge on any atom is -0.496 e. The Morgan fingerprint density at radius 3 is 2.53 bits per heavy atom. The van der Waals surface area contributed by atoms with Crippen molar-refractivity contribution in [3.05, 3.63) is 71.2 Å². The Bertz CT molecular complexity index is 1180. The number of carbonyl (C=O) groups excluding carboxylic acids is 2. The summed E-state index contributed by atoms with van der Waals surface area (Å²) < 4.78 is 46.2. The van der Waals surface area contributed by atoms with Gasteiger partial charge in [-0.1, -0.05) is 24.3 Å². The van der Waals surface area contributed by atoms with Crippen LogP contribution in [-0.4, -0.2) is 39.7 Å². The molecule has 0 aliphatic rings. The molecule has 2 aromatic heterocycles. The van der Waals surface area contributed by atoms with E-state index in [9.17, 15) is 22.8 Å². The fourth-order valence-electron chi connectivity index (χ4n) is 2.99. The topological polar surface area (TPSA) is 124 Å². The zero-order valence-corrected chi connectivity index (χ0v) is 18.4. The third-order valence-electron chi connectivity index (χ3n) is 4.73. The van der Waals surface area contributed by atoms with E-state index in [1.54, 1.807) is 30.3 Å². The summed E-state index contributed by atoms with van der Waals surface area (Å²) in [5.41, 5.74) is 4.89. The summed E-state index contributed by atoms with van der Waals surface area (Å²) in [5.74, 6) is -0.700. The number of halogens is 3. The minimum absolute atomic E-state index is 0.00303. The first kappa shape index (κ1) is 24.7. The van der Waals surface area contributed by atoms with E-state index in [0.717, 1.165) is 4.68 Å². The first-order chi connectivity index (χ1) is 16.1. The Balaban J connectivity index is 1.89. The van der Waals surface area contributed by atoms with Gasteiger partial charge in [0.25, 0.3) is 5.91 Å². The molecule has 0 saturated heterocycles. The highest BCUT2D eigenvalue weighted by molar-refractivity contribution is 5.93. The fraction of sp³-hybridized carbons (Fsp3) is 0.273. The van der Waals surface area contributed by atoms with Crippen LogP contribution in [0.5, 0.6) is 5.75 Å². The number of hydrogen-bond acceptors (Lipinski definition) is 6. The number of alkyl halides is 3. The van der Waals surface area contributed by atoms with Crippen molar-refractivity contribution in [2.45, 2.75) is 32.2 Å². The average Bonchev–Trinajstić information content (AvgIpc) is 3.27. The number of amides is 2. The van der Waals surface area contributed by atoms with Gasteiger partial charge in [-0.05, 0) is 25.1 Å². The number of nitrogens with two attached hydrogens (primary N) is 1. The molecule has 0 spiro atoms. The zero-order valence-electron chi connectivity index (χ0n) is 18.4. The first-order valence-corrected chi connectivity index (χ1v) is 10.2. The molecule has 2 amide bonds. The van der Waals surface area contributed by atoms with Crippen LogP contribution in [0.2, 0.25) is 0 Å². The van der Waals surface area contributed by atoms with Crippen molar-refractivity contribution in [2.75, 3.05) is 7.11 Å². The minimum atomic E-state index is -4.77. The second kappa shape index (κ2) is 10.3. The van der Waals surface area contributed by atoms with Crippen LogP contribution >= 0.6 is 0 Å². The van der Waals surface area contributed by atoms with Crippen LogP contribution in [0, 0.1) is 0 Å². The number of methoxy groups -OCH3 is 1. The number of para-hydroxylation sites is 1. The molecule has 1 aromatic carbocycles. The number of aromatic nitrogens is 3. The molecule has 9 nitrogen and oxygen atoms in total. The number of hydrogen-bond donors (Lipinski definition) is 3. The Morgan fingerprint density at radius 2 is 1.85 bits per heavy atom. The Hall–Kier alpha value is -3.93. The summed E-state index contributed by atoms with van der Waals surface area (Å²) in [7, 11) is 1.47. The van der Waals surface area contributed by atoms with Crippen LogP contribution in [0.3, 0.4) is 0 Å². The Labute approximate surface area is 193 Å². The van der Waals surface area contributed by atoms with Gasteiger partial charge in [-0.2, -0.15) is 18.3 Å². The fourth-order valence-corrected chi connectivity index (χ4v) is 2.99. The van der Waals surface area contributed by atoms with E-state index in [1.807, 2.05) is 0 Å². The average molecular weight is 476 g/mol. The molecule has 1 atom stereocenters. The van der Waals surface area contributed by atoms with Gasteiger partial charge >= 0.3 is 6.18 Å². The van der Waals surface area contributed by atoms with Crippen LogP contribution in [0.4, 0.5) is 13.2 Å². The van der Waals surface area contributed by atoms with E-state index in [-0.39, 0.29) is 24.6 Å². The van der Waals surface area contributed by atoms with Crippen LogP contribution in [0.1, 0.15) is 34.4 Å². The van der Waals surface area contributed by atoms with E-state index in [2.05, 4.69) is 20.7 Å². The molecule has 0 aliphatic carbocycles. The molecule has 0 saturated carbocycles. The summed E-state index contributed by atoms with van der Waals surface area (Å²) in [5, 5.41) is 8.71. The quantitative estimate of drug-likeness (QED) is 0.458. The molecule has 12 heteroatoms. The van der Waals surface area contributed by atoms with Gasteiger partial charge in [0.2, 0.25) is 5.91 Å². The van der Waals surface area contributed by atoms with Gasteiger partial charge in [0.15, 0.2) is 11.5 Å². The molecule has 0 bridgehead atoms. The second-order valence-electron chi connectivity index (χ2n) is 7.31. The standard InChI is InChI=1S/C22H23F3N6O3/c1-13(26)20(32)28-12-15-7-5-9-19(29-15)31-16(10-18(30-31)22(23,24)25)21(33)27-11-14-6-3-4-8-17(14)34-2/h3-10,13H,11-12,26H2,1-2H3,(H,27,33)(H,28,32)/t13-/m0/s1. The third kappa shape index (κ3) is 5.90. The lowest BCUT2D eigenvalue weighted by atomic mass is 10.2. The van der Waals surface area contributed by atoms with Crippen molar-refractivity contribution in [3.8, 4) is 11.6 Å². The molecule has 34 heavy (non-hydrogen) atoms. The largest absolute Gasteiger partial charge is 0.496 e. The van der Waals surface area contributed by atoms with Crippen LogP contribution in [0.15, 0.2) is 48.5 Å². The molecule has 0 unspecified atom stereocenters. The van der Waals surface area contributed by atoms with Gasteiger partial charge in [0.1, 0.15) is 11.4 Å². The summed E-state index contributed by atoms with van der Waals surface area (Å²) in [6.07, 6.45) is -4.77. The predicted molar refractivity (Wildman–Crippen MR) is 116 cm³/mol. The number of pyridine rings is 1. The second-order valence-corrected chi connectivity index (χ2v) is 7.31. The smallest absolute Gasteiger partial charge is 0.435 e. The number of nitrogens with zero attached hydrogens (tertiary/aromatic N) is 3. The van der Waals surface area contributed by atoms with Crippen LogP contribution in [0.25, 0.3) is 5.82 Å². The zero-order chi connectivity index (χ0) is 24.9. The molecule has 2 heterocycles. The highest BCUT2D eigenvalue weighted by atomic mass is 19.4. The highest BCUT2D eigenvalue weighted by Crippen LogP contribution is 2.29. The molecular weight excluding hydrogens is 453 g/mol. The SMILES string of the molecule is COc1ccccc1CNC(=O)c1cc(C(F)(F)F)nn1-c1cccc(CNC(=O)[C@H](C)N)n1. The molecular formula is C22H23F3N6O3. The number of benzene rings is 1. The van der Waals surface area contributed by atoms with Crippen molar-refractivity contribution in [3.63, 3.8) is 0 Å². The highest BCUT2D eigenvalue weighted by Gasteiger charge is 2.36. The number of ether oxygens (including phenoxy) is 1. The maximum atomic E-state index is 13.4. The first-order valence-electron chi connectivity index (χ1n) is 10.2. The van der Waals surface area contributed by atoms with Crippen molar-refractivity contribution in [2.24, 2.45) is 5.73 Å². The van der Waals surface area contributed by atoms with Gasteiger partial charge in [-0.25, -0.2) is 9.67 Å². The molecule has 0 fully saturated rings. The van der Waals surface area contributed by atoms with E-state index in [0.29, 0.717) is 23.1 Å². The molecule has 0 aliphatic heterocycles. The van der Waals surface area contributed by atoms with Gasteiger partial charge in [0.05, 0.1) is 25.4 Å². The lowest BCUT2D eigenvalue weighted by Crippen LogP contribution is -2.38. The number of carbonyl (C=O) groups is 2. The Morgan fingerprint density at radius 1 is 1.12 bits per heavy atom. The molecule has 3 rings (SSSR count). The summed E-state index contributed by atoms with van der Waals surface area (Å²) in [6, 6.07) is 11.3. The van der Waals surface area contributed by atoms with Gasteiger partial charge in [0, 0.05) is 18.2 Å². The van der Waals surface area contributed by atoms with Crippen molar-refractivity contribution in [1.29, 1.82) is 0 Å². The summed E-state index contributed by atoms with van der Waals surface area (Å²) in [6.45, 7) is 1.53. The lowest BCUT2D eigenvalue weighted by molar-refractivity contribution is -0.141. The van der Waals surface area contributed by atoms with Gasteiger partial charge in [-0.15, -0.1) is 0 Å². The monoisotopic (exact) mass is 476 g/mol.